The SMILES string of the molecule is O=S(=O)(O)O[C@@H]1CO[C@@H](c2ccccc2)O[C@H]1CN1C[C@@H](O)[C@H](O)C[C@@H]1COCc1ccccc1. The van der Waals surface area contributed by atoms with Crippen LogP contribution in [0.4, 0.5) is 0 Å². The van der Waals surface area contributed by atoms with Gasteiger partial charge in [-0.15, -0.1) is 0 Å². The van der Waals surface area contributed by atoms with E-state index in [2.05, 4.69) is 0 Å². The fourth-order valence-electron chi connectivity index (χ4n) is 4.38. The Morgan fingerprint density at radius 1 is 1.00 bits per heavy atom. The van der Waals surface area contributed by atoms with Crippen LogP contribution in [-0.2, 0) is 35.4 Å². The molecule has 2 heterocycles. The summed E-state index contributed by atoms with van der Waals surface area (Å²) in [4.78, 5) is 1.89. The molecule has 0 radical (unpaired) electrons. The van der Waals surface area contributed by atoms with Crippen LogP contribution in [0.2, 0.25) is 0 Å². The molecule has 2 aromatic carbocycles. The van der Waals surface area contributed by atoms with Crippen molar-refractivity contribution in [2.24, 2.45) is 0 Å². The zero-order valence-corrected chi connectivity index (χ0v) is 19.9. The molecule has 0 unspecified atom stereocenters. The maximum Gasteiger partial charge on any atom is 0.397 e. The minimum Gasteiger partial charge on any atom is -0.390 e. The van der Waals surface area contributed by atoms with E-state index in [0.29, 0.717) is 6.61 Å². The number of β-amino-alcohol motifs (C(OH)–C–C–N with tert-alkyl or cyclic N) is 1. The van der Waals surface area contributed by atoms with Gasteiger partial charge in [-0.05, 0) is 12.0 Å². The maximum absolute atomic E-state index is 11.4. The highest BCUT2D eigenvalue weighted by Crippen LogP contribution is 2.30. The van der Waals surface area contributed by atoms with Gasteiger partial charge in [-0.2, -0.15) is 8.42 Å². The van der Waals surface area contributed by atoms with Gasteiger partial charge in [-0.3, -0.25) is 9.45 Å². The van der Waals surface area contributed by atoms with E-state index in [4.69, 9.17) is 18.4 Å². The Morgan fingerprint density at radius 3 is 2.37 bits per heavy atom. The van der Waals surface area contributed by atoms with Gasteiger partial charge in [0.05, 0.1) is 32.0 Å². The highest BCUT2D eigenvalue weighted by atomic mass is 32.3. The second kappa shape index (κ2) is 11.9. The molecule has 2 aromatic rings. The summed E-state index contributed by atoms with van der Waals surface area (Å²) >= 11 is 0. The molecule has 0 amide bonds. The van der Waals surface area contributed by atoms with Crippen molar-refractivity contribution < 1.29 is 41.6 Å². The smallest absolute Gasteiger partial charge is 0.390 e. The number of rotatable bonds is 9. The van der Waals surface area contributed by atoms with Gasteiger partial charge in [0.1, 0.15) is 12.2 Å². The molecule has 2 saturated heterocycles. The molecule has 192 valence electrons. The minimum absolute atomic E-state index is 0.127. The van der Waals surface area contributed by atoms with E-state index in [1.54, 1.807) is 0 Å². The van der Waals surface area contributed by atoms with Crippen LogP contribution >= 0.6 is 0 Å². The summed E-state index contributed by atoms with van der Waals surface area (Å²) in [5.74, 6) is 0. The Kier molecular flexibility index (Phi) is 8.87. The van der Waals surface area contributed by atoms with Gasteiger partial charge in [0.25, 0.3) is 0 Å². The zero-order valence-electron chi connectivity index (χ0n) is 19.1. The van der Waals surface area contributed by atoms with Crippen LogP contribution in [0, 0.1) is 0 Å². The normalized spacial score (nSPS) is 30.3. The third-order valence-electron chi connectivity index (χ3n) is 6.17. The lowest BCUT2D eigenvalue weighted by Gasteiger charge is -2.44. The highest BCUT2D eigenvalue weighted by Gasteiger charge is 2.41. The first-order chi connectivity index (χ1) is 16.8. The standard InChI is InChI=1S/C24H31NO9S/c26-20-11-19(15-31-14-17-7-3-1-4-8-17)25(12-21(20)27)13-22-23(34-35(28,29)30)16-32-24(33-22)18-9-5-2-6-10-18/h1-10,19-24,26-27H,11-16H2,(H,28,29,30)/t19-,20-,21-,22+,23-,24-/m1/s1. The molecule has 0 aliphatic carbocycles. The Labute approximate surface area is 204 Å². The Balaban J connectivity index is 1.46. The van der Waals surface area contributed by atoms with Crippen LogP contribution in [0.1, 0.15) is 23.8 Å². The second-order valence-corrected chi connectivity index (χ2v) is 9.84. The Morgan fingerprint density at radius 2 is 1.69 bits per heavy atom. The Bertz CT molecular complexity index is 1020. The molecule has 35 heavy (non-hydrogen) atoms. The second-order valence-electron chi connectivity index (χ2n) is 8.79. The molecule has 0 spiro atoms. The van der Waals surface area contributed by atoms with E-state index >= 15 is 0 Å². The monoisotopic (exact) mass is 509 g/mol. The molecule has 6 atom stereocenters. The summed E-state index contributed by atoms with van der Waals surface area (Å²) in [6.07, 6.45) is -4.28. The third-order valence-corrected chi connectivity index (χ3v) is 6.66. The molecule has 10 nitrogen and oxygen atoms in total. The van der Waals surface area contributed by atoms with E-state index < -0.39 is 41.1 Å². The number of piperidine rings is 1. The average molecular weight is 510 g/mol. The van der Waals surface area contributed by atoms with Crippen molar-refractivity contribution in [3.63, 3.8) is 0 Å². The van der Waals surface area contributed by atoms with Gasteiger partial charge in [0.15, 0.2) is 6.29 Å². The van der Waals surface area contributed by atoms with Crippen molar-refractivity contribution in [2.75, 3.05) is 26.3 Å². The van der Waals surface area contributed by atoms with E-state index in [1.165, 1.54) is 0 Å². The van der Waals surface area contributed by atoms with Crippen molar-refractivity contribution >= 4 is 10.4 Å². The van der Waals surface area contributed by atoms with Crippen LogP contribution in [0.25, 0.3) is 0 Å². The fourth-order valence-corrected chi connectivity index (χ4v) is 4.87. The molecule has 0 saturated carbocycles. The number of hydrogen-bond acceptors (Lipinski definition) is 9. The lowest BCUT2D eigenvalue weighted by Crippen LogP contribution is -2.58. The number of aliphatic hydroxyl groups is 2. The van der Waals surface area contributed by atoms with Crippen molar-refractivity contribution in [1.29, 1.82) is 0 Å². The van der Waals surface area contributed by atoms with Crippen LogP contribution in [-0.4, -0.2) is 84.8 Å². The number of aliphatic hydroxyl groups excluding tert-OH is 2. The third kappa shape index (κ3) is 7.53. The van der Waals surface area contributed by atoms with Crippen molar-refractivity contribution in [3.05, 3.63) is 71.8 Å². The lowest BCUT2D eigenvalue weighted by atomic mass is 9.96. The van der Waals surface area contributed by atoms with Crippen LogP contribution in [0.3, 0.4) is 0 Å². The average Bonchev–Trinajstić information content (AvgIpc) is 2.83. The van der Waals surface area contributed by atoms with Gasteiger partial charge in [-0.1, -0.05) is 60.7 Å². The number of benzene rings is 2. The largest absolute Gasteiger partial charge is 0.397 e. The van der Waals surface area contributed by atoms with Gasteiger partial charge in [-0.25, -0.2) is 4.18 Å². The van der Waals surface area contributed by atoms with Crippen LogP contribution in [0.15, 0.2) is 60.7 Å². The number of ether oxygens (including phenoxy) is 3. The molecule has 11 heteroatoms. The van der Waals surface area contributed by atoms with Gasteiger partial charge in [0, 0.05) is 24.7 Å². The van der Waals surface area contributed by atoms with Crippen LogP contribution in [0.5, 0.6) is 0 Å². The summed E-state index contributed by atoms with van der Waals surface area (Å²) in [5.41, 5.74) is 1.76. The van der Waals surface area contributed by atoms with E-state index in [1.807, 2.05) is 65.6 Å². The predicted octanol–water partition coefficient (Wildman–Crippen LogP) is 1.30. The summed E-state index contributed by atoms with van der Waals surface area (Å²) in [6.45, 7) is 0.847. The van der Waals surface area contributed by atoms with E-state index in [0.717, 1.165) is 11.1 Å². The Hall–Kier alpha value is -1.93. The van der Waals surface area contributed by atoms with Crippen molar-refractivity contribution in [3.8, 4) is 0 Å². The summed E-state index contributed by atoms with van der Waals surface area (Å²) in [6, 6.07) is 18.6. The van der Waals surface area contributed by atoms with E-state index in [-0.39, 0.29) is 38.8 Å². The van der Waals surface area contributed by atoms with Gasteiger partial charge in [0.2, 0.25) is 0 Å². The number of likely N-dealkylation sites (tertiary alicyclic amines) is 1. The predicted molar refractivity (Wildman–Crippen MR) is 125 cm³/mol. The molecular weight excluding hydrogens is 478 g/mol. The van der Waals surface area contributed by atoms with Gasteiger partial charge >= 0.3 is 10.4 Å². The molecule has 2 fully saturated rings. The summed E-state index contributed by atoms with van der Waals surface area (Å²) in [7, 11) is -4.75. The van der Waals surface area contributed by atoms with E-state index in [9.17, 15) is 23.2 Å². The molecule has 2 aliphatic heterocycles. The molecule has 4 rings (SSSR count). The fraction of sp³-hybridized carbons (Fsp3) is 0.500. The number of nitrogens with zero attached hydrogens (tertiary/aromatic N) is 1. The van der Waals surface area contributed by atoms with Crippen molar-refractivity contribution in [1.82, 2.24) is 4.90 Å². The molecule has 0 aromatic heterocycles. The number of hydrogen-bond donors (Lipinski definition) is 3. The molecular formula is C24H31NO9S. The molecule has 2 aliphatic rings. The minimum atomic E-state index is -4.75. The molecule has 0 bridgehead atoms. The zero-order chi connectivity index (χ0) is 24.8. The van der Waals surface area contributed by atoms with Gasteiger partial charge < -0.3 is 24.4 Å². The quantitative estimate of drug-likeness (QED) is 0.425. The first-order valence-corrected chi connectivity index (χ1v) is 12.8. The van der Waals surface area contributed by atoms with Crippen LogP contribution < -0.4 is 0 Å². The summed E-state index contributed by atoms with van der Waals surface area (Å²) in [5, 5.41) is 20.6. The summed E-state index contributed by atoms with van der Waals surface area (Å²) < 4.78 is 54.6. The molecule has 3 N–H and O–H groups in total. The first kappa shape index (κ1) is 26.1. The topological polar surface area (TPSA) is 135 Å². The lowest BCUT2D eigenvalue weighted by molar-refractivity contribution is -0.257. The highest BCUT2D eigenvalue weighted by molar-refractivity contribution is 7.80. The van der Waals surface area contributed by atoms with Crippen molar-refractivity contribution in [2.45, 2.75) is 49.8 Å². The maximum atomic E-state index is 11.4. The first-order valence-electron chi connectivity index (χ1n) is 11.5.